The molecule has 1 unspecified atom stereocenters. The zero-order valence-corrected chi connectivity index (χ0v) is 18.2. The maximum Gasteiger partial charge on any atom is 0.407 e. The number of hydrogen-bond acceptors (Lipinski definition) is 6. The van der Waals surface area contributed by atoms with E-state index in [9.17, 15) is 23.2 Å². The van der Waals surface area contributed by atoms with E-state index in [2.05, 4.69) is 10.5 Å². The minimum atomic E-state index is -2.91. The Kier molecular flexibility index (Phi) is 7.04. The fourth-order valence-corrected chi connectivity index (χ4v) is 3.94. The van der Waals surface area contributed by atoms with E-state index in [-0.39, 0.29) is 30.5 Å². The van der Waals surface area contributed by atoms with Crippen molar-refractivity contribution in [3.05, 3.63) is 77.2 Å². The molecule has 1 aromatic heterocycles. The molecule has 1 heterocycles. The highest BCUT2D eigenvalue weighted by Gasteiger charge is 2.29. The van der Waals surface area contributed by atoms with Gasteiger partial charge in [0.15, 0.2) is 11.5 Å². The number of carboxylic acid groups (broad SMARTS) is 1. The van der Waals surface area contributed by atoms with Crippen LogP contribution in [-0.2, 0) is 16.1 Å². The highest BCUT2D eigenvalue weighted by Crippen LogP contribution is 2.44. The largest absolute Gasteiger partial charge is 0.480 e. The molecule has 11 heteroatoms. The maximum atomic E-state index is 12.5. The van der Waals surface area contributed by atoms with Gasteiger partial charge in [-0.3, -0.25) is 4.79 Å². The van der Waals surface area contributed by atoms with E-state index in [1.807, 2.05) is 53.8 Å². The summed E-state index contributed by atoms with van der Waals surface area (Å²) in [4.78, 5) is 35.4. The number of rotatable bonds is 9. The summed E-state index contributed by atoms with van der Waals surface area (Å²) in [6.07, 6.45) is -4.67. The van der Waals surface area contributed by atoms with Crippen LogP contribution in [-0.4, -0.2) is 47.3 Å². The van der Waals surface area contributed by atoms with E-state index in [0.29, 0.717) is 0 Å². The molecule has 0 aliphatic heterocycles. The first-order valence-electron chi connectivity index (χ1n) is 10.7. The van der Waals surface area contributed by atoms with Crippen LogP contribution in [0.4, 0.5) is 13.6 Å². The van der Waals surface area contributed by atoms with Crippen molar-refractivity contribution < 1.29 is 37.5 Å². The zero-order chi connectivity index (χ0) is 24.9. The lowest BCUT2D eigenvalue weighted by Gasteiger charge is -2.14. The Bertz CT molecular complexity index is 1200. The van der Waals surface area contributed by atoms with E-state index in [1.165, 1.54) is 6.07 Å². The number of alkyl carbamates (subject to hydrolysis) is 1. The Hall–Kier alpha value is -4.28. The number of fused-ring (bicyclic) bond motifs is 3. The molecule has 0 spiro atoms. The van der Waals surface area contributed by atoms with Gasteiger partial charge in [0.2, 0.25) is 6.43 Å². The van der Waals surface area contributed by atoms with Crippen LogP contribution >= 0.6 is 0 Å². The number of nitrogens with zero attached hydrogens (tertiary/aromatic N) is 1. The fraction of sp³-hybridized carbons (Fsp3) is 0.250. The van der Waals surface area contributed by atoms with Crippen molar-refractivity contribution in [3.63, 3.8) is 0 Å². The zero-order valence-electron chi connectivity index (χ0n) is 18.2. The van der Waals surface area contributed by atoms with Gasteiger partial charge in [0.25, 0.3) is 5.91 Å². The number of nitrogens with one attached hydrogen (secondary N) is 2. The first-order chi connectivity index (χ1) is 16.8. The maximum absolute atomic E-state index is 12.5. The molecule has 35 heavy (non-hydrogen) atoms. The number of aromatic nitrogens is 1. The second-order valence-corrected chi connectivity index (χ2v) is 7.85. The number of carbonyl (C=O) groups is 3. The van der Waals surface area contributed by atoms with Crippen LogP contribution in [0.1, 0.15) is 39.7 Å². The van der Waals surface area contributed by atoms with Crippen molar-refractivity contribution >= 4 is 18.0 Å². The summed E-state index contributed by atoms with van der Waals surface area (Å²) < 4.78 is 35.3. The smallest absolute Gasteiger partial charge is 0.407 e. The number of hydrogen-bond donors (Lipinski definition) is 3. The Morgan fingerprint density at radius 1 is 1.06 bits per heavy atom. The average Bonchev–Trinajstić information content (AvgIpc) is 3.44. The molecule has 1 atom stereocenters. The van der Waals surface area contributed by atoms with Crippen molar-refractivity contribution in [2.75, 3.05) is 6.61 Å². The van der Waals surface area contributed by atoms with Crippen LogP contribution in [0.5, 0.6) is 0 Å². The van der Waals surface area contributed by atoms with Crippen molar-refractivity contribution in [2.45, 2.75) is 31.4 Å². The highest BCUT2D eigenvalue weighted by atomic mass is 19.3. The Balaban J connectivity index is 1.30. The number of benzene rings is 2. The molecule has 1 aliphatic carbocycles. The van der Waals surface area contributed by atoms with Crippen molar-refractivity contribution in [1.82, 2.24) is 15.8 Å². The van der Waals surface area contributed by atoms with Gasteiger partial charge in [-0.25, -0.2) is 18.4 Å². The van der Waals surface area contributed by atoms with Gasteiger partial charge in [0.1, 0.15) is 12.6 Å². The standard InChI is InChI=1S/C24H21F2N3O6/c25-21(26)10-20(23(31)32)28-22(30)19-9-13(35-29-19)11-27-24(33)34-12-18-16-7-3-1-5-14(16)15-6-2-4-8-17(15)18/h1-9,18,20-21H,10-12H2,(H,27,33)(H,28,30)(H,31,32). The van der Waals surface area contributed by atoms with E-state index in [1.54, 1.807) is 0 Å². The average molecular weight is 485 g/mol. The Morgan fingerprint density at radius 3 is 2.29 bits per heavy atom. The molecule has 0 bridgehead atoms. The normalized spacial score (nSPS) is 13.1. The molecule has 182 valence electrons. The summed E-state index contributed by atoms with van der Waals surface area (Å²) in [5, 5.41) is 16.9. The van der Waals surface area contributed by atoms with Crippen LogP contribution in [0.2, 0.25) is 0 Å². The lowest BCUT2D eigenvalue weighted by atomic mass is 9.98. The number of halogens is 2. The predicted octanol–water partition coefficient (Wildman–Crippen LogP) is 3.55. The number of carbonyl (C=O) groups excluding carboxylic acids is 2. The SMILES string of the molecule is O=C(NCc1cc(C(=O)NC(CC(F)F)C(=O)O)no1)OCC1c2ccccc2-c2ccccc21. The second-order valence-electron chi connectivity index (χ2n) is 7.85. The third-order valence-corrected chi connectivity index (χ3v) is 5.56. The lowest BCUT2D eigenvalue weighted by Crippen LogP contribution is -2.42. The first kappa shape index (κ1) is 23.9. The molecule has 0 saturated carbocycles. The number of aliphatic carboxylic acids is 1. The van der Waals surface area contributed by atoms with Crippen molar-refractivity contribution in [2.24, 2.45) is 0 Å². The highest BCUT2D eigenvalue weighted by molar-refractivity contribution is 5.94. The van der Waals surface area contributed by atoms with Crippen LogP contribution in [0.3, 0.4) is 0 Å². The summed E-state index contributed by atoms with van der Waals surface area (Å²) in [5.41, 5.74) is 4.03. The lowest BCUT2D eigenvalue weighted by molar-refractivity contribution is -0.140. The third-order valence-electron chi connectivity index (χ3n) is 5.56. The van der Waals surface area contributed by atoms with Crippen molar-refractivity contribution in [1.29, 1.82) is 0 Å². The van der Waals surface area contributed by atoms with Gasteiger partial charge in [-0.1, -0.05) is 53.7 Å². The summed E-state index contributed by atoms with van der Waals surface area (Å²) in [7, 11) is 0. The molecule has 3 N–H and O–H groups in total. The quantitative estimate of drug-likeness (QED) is 0.422. The number of alkyl halides is 2. The molecule has 0 radical (unpaired) electrons. The summed E-state index contributed by atoms with van der Waals surface area (Å²) in [5.74, 6) is -2.61. The molecule has 3 aromatic rings. The molecule has 4 rings (SSSR count). The van der Waals surface area contributed by atoms with Crippen LogP contribution < -0.4 is 10.6 Å². The molecule has 9 nitrogen and oxygen atoms in total. The van der Waals surface area contributed by atoms with E-state index < -0.39 is 36.9 Å². The monoisotopic (exact) mass is 485 g/mol. The van der Waals surface area contributed by atoms with E-state index >= 15 is 0 Å². The Labute approximate surface area is 198 Å². The molecule has 2 aromatic carbocycles. The topological polar surface area (TPSA) is 131 Å². The van der Waals surface area contributed by atoms with Crippen molar-refractivity contribution in [3.8, 4) is 11.1 Å². The first-order valence-corrected chi connectivity index (χ1v) is 10.7. The predicted molar refractivity (Wildman–Crippen MR) is 118 cm³/mol. The molecule has 1 aliphatic rings. The van der Waals surface area contributed by atoms with Gasteiger partial charge in [0, 0.05) is 18.4 Å². The van der Waals surface area contributed by atoms with Gasteiger partial charge < -0.3 is 25.0 Å². The number of carboxylic acids is 1. The minimum absolute atomic E-state index is 0.0874. The van der Waals surface area contributed by atoms with Gasteiger partial charge in [0.05, 0.1) is 6.54 Å². The Morgan fingerprint density at radius 2 is 1.69 bits per heavy atom. The summed E-state index contributed by atoms with van der Waals surface area (Å²) >= 11 is 0. The summed E-state index contributed by atoms with van der Waals surface area (Å²) in [6.45, 7) is -0.0407. The minimum Gasteiger partial charge on any atom is -0.480 e. The van der Waals surface area contributed by atoms with Gasteiger partial charge >= 0.3 is 12.1 Å². The van der Waals surface area contributed by atoms with Gasteiger partial charge in [-0.2, -0.15) is 0 Å². The van der Waals surface area contributed by atoms with E-state index in [0.717, 1.165) is 22.3 Å². The van der Waals surface area contributed by atoms with Gasteiger partial charge in [-0.15, -0.1) is 0 Å². The molecule has 0 fully saturated rings. The fourth-order valence-electron chi connectivity index (χ4n) is 3.94. The molecule has 0 saturated heterocycles. The van der Waals surface area contributed by atoms with Gasteiger partial charge in [-0.05, 0) is 22.3 Å². The van der Waals surface area contributed by atoms with Crippen LogP contribution in [0, 0.1) is 0 Å². The molecular weight excluding hydrogens is 464 g/mol. The number of amides is 2. The van der Waals surface area contributed by atoms with E-state index in [4.69, 9.17) is 14.4 Å². The van der Waals surface area contributed by atoms with Crippen LogP contribution in [0.25, 0.3) is 11.1 Å². The summed E-state index contributed by atoms with van der Waals surface area (Å²) in [6, 6.07) is 15.2. The molecule has 2 amide bonds. The molecular formula is C24H21F2N3O6. The number of ether oxygens (including phenoxy) is 1. The van der Waals surface area contributed by atoms with Crippen LogP contribution in [0.15, 0.2) is 59.1 Å². The third kappa shape index (κ3) is 5.45. The second kappa shape index (κ2) is 10.3.